The van der Waals surface area contributed by atoms with Crippen molar-refractivity contribution in [3.63, 3.8) is 0 Å². The summed E-state index contributed by atoms with van der Waals surface area (Å²) in [6.07, 6.45) is 7.17. The molecular weight excluding hydrogens is 408 g/mol. The van der Waals surface area contributed by atoms with Crippen LogP contribution in [0, 0.1) is 5.92 Å². The van der Waals surface area contributed by atoms with Crippen molar-refractivity contribution < 1.29 is 9.53 Å². The monoisotopic (exact) mass is 428 g/mol. The molecule has 0 aliphatic heterocycles. The topological polar surface area (TPSA) is 77.0 Å². The quantitative estimate of drug-likeness (QED) is 0.545. The molecule has 6 nitrogen and oxygen atoms in total. The lowest BCUT2D eigenvalue weighted by Crippen LogP contribution is -2.22. The van der Waals surface area contributed by atoms with Crippen LogP contribution in [0.4, 0.5) is 11.6 Å². The van der Waals surface area contributed by atoms with Crippen LogP contribution in [-0.2, 0) is 9.53 Å². The maximum atomic E-state index is 11.7. The molecule has 150 valence electrons. The highest BCUT2D eigenvalue weighted by Crippen LogP contribution is 2.39. The minimum Gasteiger partial charge on any atom is -0.469 e. The van der Waals surface area contributed by atoms with Gasteiger partial charge in [0.25, 0.3) is 0 Å². The van der Waals surface area contributed by atoms with Gasteiger partial charge in [-0.1, -0.05) is 17.7 Å². The van der Waals surface area contributed by atoms with Gasteiger partial charge in [-0.05, 0) is 49.9 Å². The molecule has 0 aromatic carbocycles. The van der Waals surface area contributed by atoms with Crippen molar-refractivity contribution in [1.29, 1.82) is 0 Å². The number of pyridine rings is 2. The molecule has 3 aromatic rings. The highest BCUT2D eigenvalue weighted by Gasteiger charge is 2.29. The van der Waals surface area contributed by atoms with Crippen LogP contribution in [0.2, 0.25) is 5.02 Å². The lowest BCUT2D eigenvalue weighted by Gasteiger charge is -2.25. The summed E-state index contributed by atoms with van der Waals surface area (Å²) in [4.78, 5) is 26.3. The number of hydrogen-bond acceptors (Lipinski definition) is 7. The number of ether oxygens (including phenoxy) is 1. The first-order chi connectivity index (χ1) is 14.1. The molecule has 0 bridgehead atoms. The van der Waals surface area contributed by atoms with Crippen molar-refractivity contribution >= 4 is 40.5 Å². The zero-order valence-electron chi connectivity index (χ0n) is 16.0. The van der Waals surface area contributed by atoms with Gasteiger partial charge in [0.15, 0.2) is 0 Å². The number of esters is 1. The van der Waals surface area contributed by atoms with E-state index in [1.54, 1.807) is 29.7 Å². The average molecular weight is 429 g/mol. The van der Waals surface area contributed by atoms with Crippen molar-refractivity contribution in [1.82, 2.24) is 15.0 Å². The van der Waals surface area contributed by atoms with Crippen molar-refractivity contribution in [3.05, 3.63) is 52.8 Å². The van der Waals surface area contributed by atoms with E-state index >= 15 is 0 Å². The van der Waals surface area contributed by atoms with Gasteiger partial charge >= 0.3 is 5.97 Å². The summed E-state index contributed by atoms with van der Waals surface area (Å²) in [6, 6.07) is 9.31. The number of thiazole rings is 1. The van der Waals surface area contributed by atoms with E-state index in [2.05, 4.69) is 20.3 Å². The smallest absolute Gasteiger partial charge is 0.308 e. The predicted octanol–water partition coefficient (Wildman–Crippen LogP) is 5.44. The Kier molecular flexibility index (Phi) is 6.06. The number of rotatable bonds is 5. The Balaban J connectivity index is 1.45. The van der Waals surface area contributed by atoms with Crippen LogP contribution in [0.1, 0.15) is 36.6 Å². The summed E-state index contributed by atoms with van der Waals surface area (Å²) in [5.41, 5.74) is 0.865. The molecule has 0 unspecified atom stereocenters. The van der Waals surface area contributed by atoms with Crippen LogP contribution in [0.3, 0.4) is 0 Å². The molecule has 1 N–H and O–H groups in total. The van der Waals surface area contributed by atoms with Gasteiger partial charge in [-0.15, -0.1) is 11.3 Å². The third-order valence-electron chi connectivity index (χ3n) is 5.11. The molecule has 3 aromatic heterocycles. The SMILES string of the molecule is COC(=O)[C@H]1CC[C@H](c2ncc(-c3cccc(Nc4cc(Cl)ccn4)n3)s2)CC1. The first-order valence-electron chi connectivity index (χ1n) is 9.52. The van der Waals surface area contributed by atoms with E-state index in [0.29, 0.717) is 22.6 Å². The van der Waals surface area contributed by atoms with Gasteiger partial charge in [0.2, 0.25) is 0 Å². The van der Waals surface area contributed by atoms with E-state index < -0.39 is 0 Å². The second-order valence-corrected chi connectivity index (χ2v) is 8.53. The van der Waals surface area contributed by atoms with E-state index in [0.717, 1.165) is 41.3 Å². The summed E-state index contributed by atoms with van der Waals surface area (Å²) in [5.74, 6) is 1.68. The predicted molar refractivity (Wildman–Crippen MR) is 115 cm³/mol. The Labute approximate surface area is 178 Å². The van der Waals surface area contributed by atoms with Gasteiger partial charge in [-0.2, -0.15) is 0 Å². The fraction of sp³-hybridized carbons (Fsp3) is 0.333. The third-order valence-corrected chi connectivity index (χ3v) is 6.53. The van der Waals surface area contributed by atoms with E-state index in [1.165, 1.54) is 7.11 Å². The fourth-order valence-corrected chi connectivity index (χ4v) is 4.80. The minimum atomic E-state index is -0.0917. The van der Waals surface area contributed by atoms with Gasteiger partial charge in [0, 0.05) is 23.3 Å². The molecule has 1 saturated carbocycles. The second kappa shape index (κ2) is 8.88. The summed E-state index contributed by atoms with van der Waals surface area (Å²) in [5, 5.41) is 4.91. The Bertz CT molecular complexity index is 1000. The van der Waals surface area contributed by atoms with Gasteiger partial charge in [-0.3, -0.25) is 4.79 Å². The Hall–Kier alpha value is -2.51. The van der Waals surface area contributed by atoms with Crippen molar-refractivity contribution in [2.45, 2.75) is 31.6 Å². The average Bonchev–Trinajstić information content (AvgIpc) is 3.24. The maximum Gasteiger partial charge on any atom is 0.308 e. The third kappa shape index (κ3) is 4.74. The van der Waals surface area contributed by atoms with Gasteiger partial charge < -0.3 is 10.1 Å². The van der Waals surface area contributed by atoms with Crippen molar-refractivity contribution in [3.8, 4) is 10.6 Å². The molecule has 3 heterocycles. The van der Waals surface area contributed by atoms with Gasteiger partial charge in [0.05, 0.1) is 28.6 Å². The van der Waals surface area contributed by atoms with Gasteiger partial charge in [-0.25, -0.2) is 15.0 Å². The largest absolute Gasteiger partial charge is 0.469 e. The van der Waals surface area contributed by atoms with Crippen LogP contribution in [-0.4, -0.2) is 28.0 Å². The number of nitrogens with one attached hydrogen (secondary N) is 1. The Morgan fingerprint density at radius 1 is 1.17 bits per heavy atom. The number of anilines is 2. The number of methoxy groups -OCH3 is 1. The number of carbonyl (C=O) groups is 1. The van der Waals surface area contributed by atoms with Crippen LogP contribution in [0.5, 0.6) is 0 Å². The fourth-order valence-electron chi connectivity index (χ4n) is 3.58. The molecule has 0 radical (unpaired) electrons. The molecule has 29 heavy (non-hydrogen) atoms. The molecule has 1 fully saturated rings. The number of carbonyl (C=O) groups excluding carboxylic acids is 1. The normalized spacial score (nSPS) is 19.0. The van der Waals surface area contributed by atoms with Crippen LogP contribution in [0.25, 0.3) is 10.6 Å². The number of hydrogen-bond donors (Lipinski definition) is 1. The summed E-state index contributed by atoms with van der Waals surface area (Å²) in [6.45, 7) is 0. The number of halogens is 1. The highest BCUT2D eigenvalue weighted by molar-refractivity contribution is 7.15. The van der Waals surface area contributed by atoms with Crippen LogP contribution in [0.15, 0.2) is 42.7 Å². The summed E-state index contributed by atoms with van der Waals surface area (Å²) >= 11 is 7.69. The molecule has 0 atom stereocenters. The van der Waals surface area contributed by atoms with E-state index in [4.69, 9.17) is 16.3 Å². The van der Waals surface area contributed by atoms with Crippen molar-refractivity contribution in [2.24, 2.45) is 5.92 Å². The first kappa shape index (κ1) is 19.8. The standard InChI is InChI=1S/C21H21ClN4O2S/c1-28-21(27)14-7-5-13(6-8-14)20-24-12-17(29-20)16-3-2-4-18(25-16)26-19-11-15(22)9-10-23-19/h2-4,9-14H,5-8H2,1H3,(H,23,25,26)/t13-,14-. The molecule has 4 rings (SSSR count). The van der Waals surface area contributed by atoms with Crippen molar-refractivity contribution in [2.75, 3.05) is 12.4 Å². The molecular formula is C21H21ClN4O2S. The molecule has 8 heteroatoms. The maximum absolute atomic E-state index is 11.7. The lowest BCUT2D eigenvalue weighted by atomic mass is 9.82. The minimum absolute atomic E-state index is 0.0280. The summed E-state index contributed by atoms with van der Waals surface area (Å²) in [7, 11) is 1.46. The zero-order chi connectivity index (χ0) is 20.2. The van der Waals surface area contributed by atoms with E-state index in [9.17, 15) is 4.79 Å². The van der Waals surface area contributed by atoms with Gasteiger partial charge in [0.1, 0.15) is 11.6 Å². The zero-order valence-corrected chi connectivity index (χ0v) is 17.5. The number of aromatic nitrogens is 3. The van der Waals surface area contributed by atoms with Crippen LogP contribution >= 0.6 is 22.9 Å². The molecule has 1 aliphatic carbocycles. The molecule has 0 saturated heterocycles. The van der Waals surface area contributed by atoms with Crippen LogP contribution < -0.4 is 5.32 Å². The van der Waals surface area contributed by atoms with E-state index in [-0.39, 0.29) is 11.9 Å². The Morgan fingerprint density at radius 2 is 2.00 bits per heavy atom. The molecule has 1 aliphatic rings. The lowest BCUT2D eigenvalue weighted by molar-refractivity contribution is -0.146. The first-order valence-corrected chi connectivity index (χ1v) is 10.7. The summed E-state index contributed by atoms with van der Waals surface area (Å²) < 4.78 is 4.87. The Morgan fingerprint density at radius 3 is 2.76 bits per heavy atom. The second-order valence-electron chi connectivity index (χ2n) is 7.03. The highest BCUT2D eigenvalue weighted by atomic mass is 35.5. The van der Waals surface area contributed by atoms with E-state index in [1.807, 2.05) is 24.4 Å². The number of nitrogens with zero attached hydrogens (tertiary/aromatic N) is 3. The molecule has 0 spiro atoms. The molecule has 0 amide bonds.